The summed E-state index contributed by atoms with van der Waals surface area (Å²) in [6.07, 6.45) is 3.38. The van der Waals surface area contributed by atoms with Crippen LogP contribution in [0.15, 0.2) is 33.8 Å². The second-order valence-electron chi connectivity index (χ2n) is 8.00. The van der Waals surface area contributed by atoms with Crippen molar-refractivity contribution in [2.75, 3.05) is 5.73 Å². The van der Waals surface area contributed by atoms with Gasteiger partial charge in [0.15, 0.2) is 5.16 Å². The van der Waals surface area contributed by atoms with E-state index in [0.29, 0.717) is 28.7 Å². The Morgan fingerprint density at radius 2 is 2.13 bits per heavy atom. The number of fused-ring (bicyclic) bond motifs is 3. The summed E-state index contributed by atoms with van der Waals surface area (Å²) in [4.78, 5) is 11.8. The minimum atomic E-state index is -0.0810. The van der Waals surface area contributed by atoms with Gasteiger partial charge in [0.1, 0.15) is 10.6 Å². The third kappa shape index (κ3) is 3.58. The van der Waals surface area contributed by atoms with E-state index in [4.69, 9.17) is 15.1 Å². The van der Waals surface area contributed by atoms with Crippen LogP contribution in [0.2, 0.25) is 0 Å². The van der Waals surface area contributed by atoms with Crippen LogP contribution in [0, 0.1) is 12.8 Å². The summed E-state index contributed by atoms with van der Waals surface area (Å²) in [6.45, 7) is 6.37. The van der Waals surface area contributed by atoms with Gasteiger partial charge in [-0.2, -0.15) is 0 Å². The van der Waals surface area contributed by atoms with Crippen LogP contribution < -0.4 is 5.73 Å². The largest absolute Gasteiger partial charge is 0.419 e. The molecule has 3 heterocycles. The molecule has 2 atom stereocenters. The summed E-state index contributed by atoms with van der Waals surface area (Å²) >= 11 is 3.25. The van der Waals surface area contributed by atoms with E-state index in [1.165, 1.54) is 28.6 Å². The number of thioether (sulfide) groups is 1. The van der Waals surface area contributed by atoms with Crippen molar-refractivity contribution in [3.8, 4) is 11.5 Å². The number of nitrogen functional groups attached to an aromatic ring is 1. The molecule has 0 bridgehead atoms. The molecule has 0 fully saturated rings. The van der Waals surface area contributed by atoms with E-state index >= 15 is 0 Å². The molecule has 5 rings (SSSR count). The van der Waals surface area contributed by atoms with Gasteiger partial charge in [0.25, 0.3) is 0 Å². The summed E-state index contributed by atoms with van der Waals surface area (Å²) in [5, 5.41) is 10.1. The van der Waals surface area contributed by atoms with Crippen molar-refractivity contribution in [3.05, 3.63) is 46.2 Å². The number of anilines is 1. The molecule has 0 radical (unpaired) electrons. The van der Waals surface area contributed by atoms with Gasteiger partial charge in [-0.05, 0) is 56.7 Å². The van der Waals surface area contributed by atoms with Gasteiger partial charge < -0.3 is 10.2 Å². The molecular weight excluding hydrogens is 414 g/mol. The van der Waals surface area contributed by atoms with Crippen molar-refractivity contribution in [1.29, 1.82) is 0 Å². The van der Waals surface area contributed by atoms with E-state index in [-0.39, 0.29) is 5.25 Å². The highest BCUT2D eigenvalue weighted by Gasteiger charge is 2.24. The van der Waals surface area contributed by atoms with Crippen LogP contribution in [0.5, 0.6) is 0 Å². The average molecular weight is 438 g/mol. The second kappa shape index (κ2) is 7.67. The molecule has 1 aliphatic rings. The van der Waals surface area contributed by atoms with Crippen molar-refractivity contribution in [1.82, 2.24) is 20.2 Å². The van der Waals surface area contributed by atoms with Crippen LogP contribution in [0.4, 0.5) is 5.82 Å². The summed E-state index contributed by atoms with van der Waals surface area (Å²) in [6, 6.07) is 8.03. The molecule has 0 saturated heterocycles. The maximum Gasteiger partial charge on any atom is 0.247 e. The SMILES string of the molecule is Cc1cccc(-c2nnc([C@H](C)Sc3nc(N)c4c5c(sc4n3)C[C@H](C)CC5)o2)c1. The average Bonchev–Trinajstić information content (AvgIpc) is 3.32. The smallest absolute Gasteiger partial charge is 0.247 e. The van der Waals surface area contributed by atoms with Crippen LogP contribution in [-0.2, 0) is 12.8 Å². The molecule has 0 saturated carbocycles. The minimum absolute atomic E-state index is 0.0810. The first-order valence-corrected chi connectivity index (χ1v) is 11.8. The molecule has 1 aromatic carbocycles. The van der Waals surface area contributed by atoms with Crippen LogP contribution in [0.25, 0.3) is 21.7 Å². The predicted molar refractivity (Wildman–Crippen MR) is 122 cm³/mol. The van der Waals surface area contributed by atoms with Crippen molar-refractivity contribution in [2.45, 2.75) is 50.4 Å². The van der Waals surface area contributed by atoms with Crippen molar-refractivity contribution < 1.29 is 4.42 Å². The number of aromatic nitrogens is 4. The van der Waals surface area contributed by atoms with Gasteiger partial charge in [0.2, 0.25) is 11.8 Å². The molecule has 154 valence electrons. The summed E-state index contributed by atoms with van der Waals surface area (Å²) in [5.74, 6) is 2.37. The Labute approximate surface area is 183 Å². The monoisotopic (exact) mass is 437 g/mol. The third-order valence-electron chi connectivity index (χ3n) is 5.50. The van der Waals surface area contributed by atoms with E-state index in [9.17, 15) is 0 Å². The van der Waals surface area contributed by atoms with E-state index in [1.54, 1.807) is 11.3 Å². The van der Waals surface area contributed by atoms with Gasteiger partial charge >= 0.3 is 0 Å². The number of aryl methyl sites for hydroxylation is 2. The number of hydrogen-bond donors (Lipinski definition) is 1. The molecule has 0 spiro atoms. The molecule has 6 nitrogen and oxygen atoms in total. The first kappa shape index (κ1) is 19.5. The standard InChI is InChI=1S/C22H23N5OS2/c1-11-5-4-6-14(9-11)20-27-26-19(28-20)13(3)29-22-24-18(23)17-15-8-7-12(2)10-16(15)30-21(17)25-22/h4-6,9,12-13H,7-8,10H2,1-3H3,(H2,23,24,25)/t12-,13+/m1/s1. The Balaban J connectivity index is 1.40. The fourth-order valence-corrected chi connectivity index (χ4v) is 6.16. The molecule has 0 amide bonds. The number of benzene rings is 1. The number of nitrogens with zero attached hydrogens (tertiary/aromatic N) is 4. The normalized spacial score (nSPS) is 17.2. The Morgan fingerprint density at radius 3 is 2.97 bits per heavy atom. The molecule has 4 aromatic rings. The van der Waals surface area contributed by atoms with Crippen molar-refractivity contribution in [3.63, 3.8) is 0 Å². The molecule has 0 unspecified atom stereocenters. The highest BCUT2D eigenvalue weighted by molar-refractivity contribution is 7.99. The van der Waals surface area contributed by atoms with Gasteiger partial charge in [0.05, 0.1) is 10.6 Å². The number of rotatable bonds is 4. The first-order valence-electron chi connectivity index (χ1n) is 10.1. The zero-order valence-electron chi connectivity index (χ0n) is 17.2. The summed E-state index contributed by atoms with van der Waals surface area (Å²) in [5.41, 5.74) is 9.79. The summed E-state index contributed by atoms with van der Waals surface area (Å²) < 4.78 is 5.93. The van der Waals surface area contributed by atoms with Gasteiger partial charge in [-0.1, -0.05) is 36.4 Å². The maximum absolute atomic E-state index is 6.36. The molecule has 3 aromatic heterocycles. The third-order valence-corrected chi connectivity index (χ3v) is 7.59. The fraction of sp³-hybridized carbons (Fsp3) is 0.364. The van der Waals surface area contributed by atoms with Gasteiger partial charge in [-0.25, -0.2) is 9.97 Å². The lowest BCUT2D eigenvalue weighted by Crippen LogP contribution is -2.09. The Morgan fingerprint density at radius 1 is 1.27 bits per heavy atom. The second-order valence-corrected chi connectivity index (χ2v) is 10.4. The van der Waals surface area contributed by atoms with Crippen LogP contribution >= 0.6 is 23.1 Å². The van der Waals surface area contributed by atoms with Crippen LogP contribution in [0.3, 0.4) is 0 Å². The highest BCUT2D eigenvalue weighted by Crippen LogP contribution is 2.41. The van der Waals surface area contributed by atoms with Crippen molar-refractivity contribution in [2.24, 2.45) is 5.92 Å². The number of thiophene rings is 1. The summed E-state index contributed by atoms with van der Waals surface area (Å²) in [7, 11) is 0. The van der Waals surface area contributed by atoms with E-state index < -0.39 is 0 Å². The first-order chi connectivity index (χ1) is 14.5. The molecular formula is C22H23N5OS2. The zero-order chi connectivity index (χ0) is 20.8. The fourth-order valence-electron chi connectivity index (χ4n) is 3.90. The lowest BCUT2D eigenvalue weighted by atomic mass is 9.89. The number of nitrogens with two attached hydrogens (primary N) is 1. The van der Waals surface area contributed by atoms with Gasteiger partial charge in [-0.15, -0.1) is 21.5 Å². The highest BCUT2D eigenvalue weighted by atomic mass is 32.2. The minimum Gasteiger partial charge on any atom is -0.419 e. The quantitative estimate of drug-likeness (QED) is 0.328. The zero-order valence-corrected chi connectivity index (χ0v) is 18.8. The predicted octanol–water partition coefficient (Wildman–Crippen LogP) is 5.61. The molecule has 2 N–H and O–H groups in total. The molecule has 0 aliphatic heterocycles. The number of hydrogen-bond acceptors (Lipinski definition) is 8. The molecule has 8 heteroatoms. The van der Waals surface area contributed by atoms with E-state index in [2.05, 4.69) is 22.1 Å². The Hall–Kier alpha value is -2.45. The Bertz CT molecular complexity index is 1230. The maximum atomic E-state index is 6.36. The lowest BCUT2D eigenvalue weighted by Gasteiger charge is -2.17. The van der Waals surface area contributed by atoms with E-state index in [1.807, 2.05) is 38.1 Å². The van der Waals surface area contributed by atoms with Crippen LogP contribution in [0.1, 0.15) is 47.4 Å². The lowest BCUT2D eigenvalue weighted by molar-refractivity contribution is 0.509. The Kier molecular flexibility index (Phi) is 4.99. The van der Waals surface area contributed by atoms with Crippen LogP contribution in [-0.4, -0.2) is 20.2 Å². The van der Waals surface area contributed by atoms with Gasteiger partial charge in [-0.3, -0.25) is 0 Å². The van der Waals surface area contributed by atoms with Gasteiger partial charge in [0, 0.05) is 10.4 Å². The topological polar surface area (TPSA) is 90.7 Å². The van der Waals surface area contributed by atoms with Crippen molar-refractivity contribution >= 4 is 39.1 Å². The molecule has 1 aliphatic carbocycles. The molecule has 30 heavy (non-hydrogen) atoms. The van der Waals surface area contributed by atoms with E-state index in [0.717, 1.165) is 34.2 Å².